The summed E-state index contributed by atoms with van der Waals surface area (Å²) in [5, 5.41) is 8.89. The first-order valence-electron chi connectivity index (χ1n) is 7.74. The molecule has 0 spiro atoms. The summed E-state index contributed by atoms with van der Waals surface area (Å²) in [5.74, 6) is -0.631. The molecule has 2 heterocycles. The Kier molecular flexibility index (Phi) is 4.84. The molecule has 2 aliphatic rings. The normalized spacial score (nSPS) is 30.8. The predicted molar refractivity (Wildman–Crippen MR) is 81.4 cm³/mol. The van der Waals surface area contributed by atoms with Gasteiger partial charge in [-0.2, -0.15) is 0 Å². The van der Waals surface area contributed by atoms with Crippen molar-refractivity contribution in [2.75, 3.05) is 13.2 Å². The number of ether oxygens (including phenoxy) is 3. The molecule has 2 rings (SSSR count). The van der Waals surface area contributed by atoms with E-state index in [-0.39, 0.29) is 30.9 Å². The molecule has 0 aromatic carbocycles. The van der Waals surface area contributed by atoms with E-state index in [4.69, 9.17) is 19.3 Å². The van der Waals surface area contributed by atoms with Gasteiger partial charge in [0.25, 0.3) is 0 Å². The first kappa shape index (κ1) is 17.2. The molecule has 2 saturated heterocycles. The number of carbonyl (C=O) groups excluding carboxylic acids is 1. The summed E-state index contributed by atoms with van der Waals surface area (Å²) in [6.45, 7) is 9.74. The summed E-state index contributed by atoms with van der Waals surface area (Å²) in [5.41, 5.74) is -0.540. The maximum atomic E-state index is 12.4. The van der Waals surface area contributed by atoms with E-state index >= 15 is 0 Å². The fraction of sp³-hybridized carbons (Fsp3) is 0.812. The van der Waals surface area contributed by atoms with Crippen LogP contribution in [0.5, 0.6) is 0 Å². The van der Waals surface area contributed by atoms with Crippen LogP contribution in [-0.4, -0.2) is 58.9 Å². The smallest absolute Gasteiger partial charge is 0.410 e. The average Bonchev–Trinajstić information content (AvgIpc) is 2.80. The van der Waals surface area contributed by atoms with Crippen LogP contribution in [0.2, 0.25) is 0 Å². The van der Waals surface area contributed by atoms with E-state index < -0.39 is 11.4 Å². The number of amides is 1. The van der Waals surface area contributed by atoms with Crippen LogP contribution in [0.25, 0.3) is 0 Å². The quantitative estimate of drug-likeness (QED) is 0.808. The minimum absolute atomic E-state index is 0.0178. The third-order valence-electron chi connectivity index (χ3n) is 3.66. The molecule has 3 atom stereocenters. The number of aliphatic hydroxyl groups is 1. The fourth-order valence-electron chi connectivity index (χ4n) is 2.94. The van der Waals surface area contributed by atoms with Gasteiger partial charge in [0.1, 0.15) is 17.8 Å². The van der Waals surface area contributed by atoms with Crippen molar-refractivity contribution in [3.05, 3.63) is 12.2 Å². The molecule has 0 aliphatic carbocycles. The molecule has 0 radical (unpaired) electrons. The molecule has 6 nitrogen and oxygen atoms in total. The van der Waals surface area contributed by atoms with Gasteiger partial charge in [0.2, 0.25) is 0 Å². The lowest BCUT2D eigenvalue weighted by Gasteiger charge is -2.31. The Morgan fingerprint density at radius 3 is 2.64 bits per heavy atom. The summed E-state index contributed by atoms with van der Waals surface area (Å²) < 4.78 is 17.3. The Morgan fingerprint density at radius 2 is 2.05 bits per heavy atom. The zero-order valence-electron chi connectivity index (χ0n) is 14.0. The van der Waals surface area contributed by atoms with Crippen molar-refractivity contribution in [3.8, 4) is 0 Å². The lowest BCUT2D eigenvalue weighted by atomic mass is 10.1. The number of rotatable bonds is 3. The van der Waals surface area contributed by atoms with Crippen LogP contribution in [0.4, 0.5) is 4.79 Å². The summed E-state index contributed by atoms with van der Waals surface area (Å²) in [7, 11) is 0. The Morgan fingerprint density at radius 1 is 1.36 bits per heavy atom. The van der Waals surface area contributed by atoms with Crippen molar-refractivity contribution in [1.82, 2.24) is 4.90 Å². The van der Waals surface area contributed by atoms with E-state index in [0.717, 1.165) is 0 Å². The second-order valence-electron chi connectivity index (χ2n) is 7.23. The average molecular weight is 313 g/mol. The summed E-state index contributed by atoms with van der Waals surface area (Å²) in [6, 6.07) is -0.149. The highest BCUT2D eigenvalue weighted by Crippen LogP contribution is 2.38. The van der Waals surface area contributed by atoms with Crippen molar-refractivity contribution in [2.45, 2.75) is 70.7 Å². The van der Waals surface area contributed by atoms with Crippen molar-refractivity contribution in [1.29, 1.82) is 0 Å². The van der Waals surface area contributed by atoms with Gasteiger partial charge in [-0.15, -0.1) is 0 Å². The van der Waals surface area contributed by atoms with Crippen molar-refractivity contribution in [2.24, 2.45) is 0 Å². The van der Waals surface area contributed by atoms with Crippen LogP contribution in [0.3, 0.4) is 0 Å². The van der Waals surface area contributed by atoms with Gasteiger partial charge >= 0.3 is 6.09 Å². The molecule has 0 saturated carbocycles. The number of hydrogen-bond acceptors (Lipinski definition) is 5. The molecule has 2 aliphatic heterocycles. The van der Waals surface area contributed by atoms with E-state index in [9.17, 15) is 4.79 Å². The van der Waals surface area contributed by atoms with Gasteiger partial charge in [0.05, 0.1) is 19.2 Å². The number of hydrogen-bond donors (Lipinski definition) is 1. The third-order valence-corrected chi connectivity index (χ3v) is 3.66. The molecule has 126 valence electrons. The minimum atomic E-state index is -0.631. The van der Waals surface area contributed by atoms with Crippen LogP contribution < -0.4 is 0 Å². The molecule has 0 aromatic heterocycles. The van der Waals surface area contributed by atoms with Gasteiger partial charge < -0.3 is 19.3 Å². The molecule has 22 heavy (non-hydrogen) atoms. The lowest BCUT2D eigenvalue weighted by Crippen LogP contribution is -2.44. The Labute approximate surface area is 132 Å². The molecule has 1 N–H and O–H groups in total. The largest absolute Gasteiger partial charge is 0.444 e. The summed E-state index contributed by atoms with van der Waals surface area (Å²) in [6.07, 6.45) is 3.45. The van der Waals surface area contributed by atoms with Crippen molar-refractivity contribution >= 4 is 6.09 Å². The first-order valence-corrected chi connectivity index (χ1v) is 7.74. The second kappa shape index (κ2) is 6.18. The predicted octanol–water partition coefficient (Wildman–Crippen LogP) is 2.06. The van der Waals surface area contributed by atoms with Gasteiger partial charge in [-0.25, -0.2) is 4.79 Å². The fourth-order valence-corrected chi connectivity index (χ4v) is 2.94. The van der Waals surface area contributed by atoms with E-state index in [1.165, 1.54) is 0 Å². The highest BCUT2D eigenvalue weighted by Gasteiger charge is 2.54. The van der Waals surface area contributed by atoms with Crippen LogP contribution >= 0.6 is 0 Å². The van der Waals surface area contributed by atoms with Crippen LogP contribution in [0.15, 0.2) is 12.2 Å². The van der Waals surface area contributed by atoms with Gasteiger partial charge in [-0.3, -0.25) is 4.90 Å². The standard InChI is InChI=1S/C16H27NO5/c1-15(2,3)22-14(19)17-10-12-13(21-16(4,5)20-12)11(17)8-6-7-9-18/h6-7,11-13,18H,8-10H2,1-5H3/b7-6+/t11-,12-,13+/m0/s1. The van der Waals surface area contributed by atoms with Gasteiger partial charge in [0.15, 0.2) is 5.79 Å². The number of fused-ring (bicyclic) bond motifs is 1. The SMILES string of the molecule is CC(C)(C)OC(=O)N1C[C@@H]2OC(C)(C)O[C@@H]2[C@@H]1C/C=C/CO. The number of nitrogens with zero attached hydrogens (tertiary/aromatic N) is 1. The van der Waals surface area contributed by atoms with Gasteiger partial charge in [0, 0.05) is 0 Å². The lowest BCUT2D eigenvalue weighted by molar-refractivity contribution is -0.160. The zero-order valence-corrected chi connectivity index (χ0v) is 14.0. The molecule has 0 unspecified atom stereocenters. The Hall–Kier alpha value is -1.11. The maximum Gasteiger partial charge on any atom is 0.410 e. The molecule has 1 amide bonds. The van der Waals surface area contributed by atoms with Gasteiger partial charge in [-0.05, 0) is 41.0 Å². The van der Waals surface area contributed by atoms with E-state index in [0.29, 0.717) is 13.0 Å². The number of likely N-dealkylation sites (tertiary alicyclic amines) is 1. The van der Waals surface area contributed by atoms with E-state index in [1.807, 2.05) is 40.7 Å². The maximum absolute atomic E-state index is 12.4. The van der Waals surface area contributed by atoms with Crippen molar-refractivity contribution in [3.63, 3.8) is 0 Å². The molecule has 6 heteroatoms. The molecular weight excluding hydrogens is 286 g/mol. The monoisotopic (exact) mass is 313 g/mol. The molecule has 0 aromatic rings. The highest BCUT2D eigenvalue weighted by atomic mass is 16.8. The Bertz CT molecular complexity index is 440. The molecular formula is C16H27NO5. The van der Waals surface area contributed by atoms with Crippen molar-refractivity contribution < 1.29 is 24.1 Å². The number of aliphatic hydroxyl groups excluding tert-OH is 1. The van der Waals surface area contributed by atoms with E-state index in [1.54, 1.807) is 11.0 Å². The minimum Gasteiger partial charge on any atom is -0.444 e. The molecule has 2 fully saturated rings. The third kappa shape index (κ3) is 4.00. The second-order valence-corrected chi connectivity index (χ2v) is 7.23. The summed E-state index contributed by atoms with van der Waals surface area (Å²) >= 11 is 0. The van der Waals surface area contributed by atoms with Gasteiger partial charge in [-0.1, -0.05) is 12.2 Å². The summed E-state index contributed by atoms with van der Waals surface area (Å²) in [4.78, 5) is 14.1. The topological polar surface area (TPSA) is 68.2 Å². The zero-order chi connectivity index (χ0) is 16.5. The number of carbonyl (C=O) groups is 1. The molecule has 0 bridgehead atoms. The first-order chi connectivity index (χ1) is 10.1. The Balaban J connectivity index is 2.12. The van der Waals surface area contributed by atoms with Crippen LogP contribution in [-0.2, 0) is 14.2 Å². The van der Waals surface area contributed by atoms with E-state index in [2.05, 4.69) is 0 Å². The van der Waals surface area contributed by atoms with Crippen LogP contribution in [0, 0.1) is 0 Å². The van der Waals surface area contributed by atoms with Crippen LogP contribution in [0.1, 0.15) is 41.0 Å². The highest BCUT2D eigenvalue weighted by molar-refractivity contribution is 5.69.